The van der Waals surface area contributed by atoms with E-state index in [9.17, 15) is 13.2 Å². The number of fused-ring (bicyclic) bond motifs is 1. The molecule has 0 aliphatic carbocycles. The highest BCUT2D eigenvalue weighted by Gasteiger charge is 2.37. The van der Waals surface area contributed by atoms with Crippen LogP contribution in [0.15, 0.2) is 47.4 Å². The lowest BCUT2D eigenvalue weighted by molar-refractivity contribution is 0.135. The molecule has 0 bridgehead atoms. The number of aryl methyl sites for hydroxylation is 2. The summed E-state index contributed by atoms with van der Waals surface area (Å²) in [5.74, 6) is 0. The van der Waals surface area contributed by atoms with Crippen molar-refractivity contribution in [2.24, 2.45) is 0 Å². The molecule has 0 saturated carbocycles. The van der Waals surface area contributed by atoms with Gasteiger partial charge in [-0.05, 0) is 49.9 Å². The predicted octanol–water partition coefficient (Wildman–Crippen LogP) is 3.61. The second kappa shape index (κ2) is 7.22. The number of cyclic esters (lactones) is 1. The number of piperidine rings is 1. The van der Waals surface area contributed by atoms with E-state index in [-0.39, 0.29) is 18.7 Å². The third-order valence-corrected chi connectivity index (χ3v) is 7.42. The molecule has 6 nitrogen and oxygen atoms in total. The van der Waals surface area contributed by atoms with E-state index in [2.05, 4.69) is 0 Å². The minimum absolute atomic E-state index is 0.0726. The number of ether oxygens (including phenoxy) is 1. The van der Waals surface area contributed by atoms with Crippen molar-refractivity contribution >= 4 is 21.8 Å². The summed E-state index contributed by atoms with van der Waals surface area (Å²) in [4.78, 5) is 14.6. The average molecular weight is 401 g/mol. The molecule has 2 aliphatic heterocycles. The highest BCUT2D eigenvalue weighted by Crippen LogP contribution is 2.35. The van der Waals surface area contributed by atoms with Crippen LogP contribution in [-0.2, 0) is 21.4 Å². The maximum Gasteiger partial charge on any atom is 0.414 e. The maximum atomic E-state index is 13.0. The average Bonchev–Trinajstić information content (AvgIpc) is 2.69. The first-order valence-electron chi connectivity index (χ1n) is 9.49. The molecule has 1 fully saturated rings. The van der Waals surface area contributed by atoms with Gasteiger partial charge in [-0.3, -0.25) is 4.90 Å². The van der Waals surface area contributed by atoms with Crippen LogP contribution < -0.4 is 4.90 Å². The van der Waals surface area contributed by atoms with Gasteiger partial charge < -0.3 is 4.74 Å². The summed E-state index contributed by atoms with van der Waals surface area (Å²) in [5, 5.41) is 0. The van der Waals surface area contributed by atoms with Gasteiger partial charge >= 0.3 is 6.09 Å². The summed E-state index contributed by atoms with van der Waals surface area (Å²) >= 11 is 0. The molecule has 4 rings (SSSR count). The summed E-state index contributed by atoms with van der Waals surface area (Å²) < 4.78 is 32.8. The summed E-state index contributed by atoms with van der Waals surface area (Å²) in [5.41, 5.74) is 3.86. The van der Waals surface area contributed by atoms with Crippen LogP contribution in [0, 0.1) is 13.8 Å². The van der Waals surface area contributed by atoms with Crippen LogP contribution in [0.25, 0.3) is 0 Å². The van der Waals surface area contributed by atoms with E-state index in [1.54, 1.807) is 23.1 Å². The summed E-state index contributed by atoms with van der Waals surface area (Å²) in [7, 11) is -3.52. The van der Waals surface area contributed by atoms with Crippen molar-refractivity contribution in [2.75, 3.05) is 18.0 Å². The molecule has 0 atom stereocenters. The highest BCUT2D eigenvalue weighted by atomic mass is 32.2. The Bertz CT molecular complexity index is 1010. The van der Waals surface area contributed by atoms with Crippen LogP contribution >= 0.6 is 0 Å². The van der Waals surface area contributed by atoms with E-state index < -0.39 is 10.0 Å². The monoisotopic (exact) mass is 400 g/mol. The zero-order valence-corrected chi connectivity index (χ0v) is 16.9. The van der Waals surface area contributed by atoms with Crippen molar-refractivity contribution in [1.29, 1.82) is 0 Å². The van der Waals surface area contributed by atoms with Crippen molar-refractivity contribution < 1.29 is 17.9 Å². The third-order valence-electron chi connectivity index (χ3n) is 5.53. The molecule has 1 amide bonds. The minimum atomic E-state index is -3.52. The third kappa shape index (κ3) is 3.29. The van der Waals surface area contributed by atoms with Crippen LogP contribution in [-0.4, -0.2) is 37.9 Å². The smallest absolute Gasteiger partial charge is 0.414 e. The number of rotatable bonds is 3. The Labute approximate surface area is 165 Å². The number of hydrogen-bond acceptors (Lipinski definition) is 4. The van der Waals surface area contributed by atoms with E-state index in [0.717, 1.165) is 22.4 Å². The van der Waals surface area contributed by atoms with Gasteiger partial charge in [0.05, 0.1) is 10.6 Å². The number of anilines is 1. The van der Waals surface area contributed by atoms with Gasteiger partial charge in [0.1, 0.15) is 6.61 Å². The Kier molecular flexibility index (Phi) is 4.89. The summed E-state index contributed by atoms with van der Waals surface area (Å²) in [6.07, 6.45) is 0.809. The maximum absolute atomic E-state index is 13.0. The lowest BCUT2D eigenvalue weighted by atomic mass is 10.00. The van der Waals surface area contributed by atoms with Gasteiger partial charge in [-0.1, -0.05) is 30.3 Å². The normalized spacial score (nSPS) is 18.6. The van der Waals surface area contributed by atoms with Gasteiger partial charge in [-0.2, -0.15) is 4.31 Å². The van der Waals surface area contributed by atoms with Crippen molar-refractivity contribution in [3.8, 4) is 0 Å². The summed E-state index contributed by atoms with van der Waals surface area (Å²) in [6.45, 7) is 4.92. The van der Waals surface area contributed by atoms with Crippen LogP contribution in [0.1, 0.15) is 29.5 Å². The number of sulfonamides is 1. The molecule has 28 heavy (non-hydrogen) atoms. The van der Waals surface area contributed by atoms with E-state index in [1.165, 1.54) is 4.31 Å². The number of hydrogen-bond donors (Lipinski definition) is 0. The Morgan fingerprint density at radius 3 is 2.46 bits per heavy atom. The fraction of sp³-hybridized carbons (Fsp3) is 0.381. The fourth-order valence-electron chi connectivity index (χ4n) is 4.08. The van der Waals surface area contributed by atoms with Gasteiger partial charge in [0, 0.05) is 24.7 Å². The molecule has 0 radical (unpaired) electrons. The minimum Gasteiger partial charge on any atom is -0.444 e. The lowest BCUT2D eigenvalue weighted by Crippen LogP contribution is -2.50. The van der Waals surface area contributed by atoms with E-state index in [0.29, 0.717) is 30.8 Å². The lowest BCUT2D eigenvalue weighted by Gasteiger charge is -2.40. The van der Waals surface area contributed by atoms with Crippen LogP contribution in [0.4, 0.5) is 10.5 Å². The first-order chi connectivity index (χ1) is 13.4. The largest absolute Gasteiger partial charge is 0.444 e. The predicted molar refractivity (Wildman–Crippen MR) is 107 cm³/mol. The molecule has 0 unspecified atom stereocenters. The molecular formula is C21H24N2O4S. The van der Waals surface area contributed by atoms with Gasteiger partial charge in [0.15, 0.2) is 0 Å². The molecule has 148 valence electrons. The van der Waals surface area contributed by atoms with Crippen LogP contribution in [0.5, 0.6) is 0 Å². The number of carbonyl (C=O) groups excluding carboxylic acids is 1. The standard InChI is InChI=1S/C21H24N2O4S/c1-15-5-3-8-19(13-15)28(25,26)22-11-9-18(10-12-22)23-20-16(2)6-4-7-17(20)14-27-21(23)24/h3-8,13,18H,9-12,14H2,1-2H3. The quantitative estimate of drug-likeness (QED) is 0.789. The Balaban J connectivity index is 1.55. The molecule has 7 heteroatoms. The number of para-hydroxylation sites is 1. The summed E-state index contributed by atoms with van der Waals surface area (Å²) in [6, 6.07) is 12.8. The van der Waals surface area contributed by atoms with Gasteiger partial charge in [-0.15, -0.1) is 0 Å². The first-order valence-corrected chi connectivity index (χ1v) is 10.9. The van der Waals surface area contributed by atoms with Crippen molar-refractivity contribution in [3.63, 3.8) is 0 Å². The molecule has 0 aromatic heterocycles. The van der Waals surface area contributed by atoms with Gasteiger partial charge in [-0.25, -0.2) is 13.2 Å². The number of benzene rings is 2. The zero-order chi connectivity index (χ0) is 19.9. The Morgan fingerprint density at radius 2 is 1.75 bits per heavy atom. The Hall–Kier alpha value is -2.38. The topological polar surface area (TPSA) is 66.9 Å². The van der Waals surface area contributed by atoms with Crippen molar-refractivity contribution in [3.05, 3.63) is 59.2 Å². The number of carbonyl (C=O) groups is 1. The number of amides is 1. The molecule has 0 spiro atoms. The second-order valence-corrected chi connectivity index (χ2v) is 9.40. The van der Waals surface area contributed by atoms with E-state index in [4.69, 9.17) is 4.74 Å². The van der Waals surface area contributed by atoms with E-state index >= 15 is 0 Å². The second-order valence-electron chi connectivity index (χ2n) is 7.46. The van der Waals surface area contributed by atoms with Crippen molar-refractivity contribution in [1.82, 2.24) is 4.31 Å². The molecule has 2 aliphatic rings. The molecular weight excluding hydrogens is 376 g/mol. The first kappa shape index (κ1) is 19.0. The van der Waals surface area contributed by atoms with Crippen LogP contribution in [0.3, 0.4) is 0 Å². The number of nitrogens with zero attached hydrogens (tertiary/aromatic N) is 2. The zero-order valence-electron chi connectivity index (χ0n) is 16.1. The fourth-order valence-corrected chi connectivity index (χ4v) is 5.65. The van der Waals surface area contributed by atoms with Crippen molar-refractivity contribution in [2.45, 2.75) is 44.2 Å². The Morgan fingerprint density at radius 1 is 1.04 bits per heavy atom. The van der Waals surface area contributed by atoms with Crippen LogP contribution in [0.2, 0.25) is 0 Å². The molecule has 0 N–H and O–H groups in total. The molecule has 2 heterocycles. The van der Waals surface area contributed by atoms with E-state index in [1.807, 2.05) is 38.1 Å². The van der Waals surface area contributed by atoms with Gasteiger partial charge in [0.25, 0.3) is 0 Å². The SMILES string of the molecule is Cc1cccc(S(=O)(=O)N2CCC(N3C(=O)OCc4cccc(C)c43)CC2)c1. The molecule has 2 aromatic rings. The molecule has 1 saturated heterocycles. The molecule has 2 aromatic carbocycles. The van der Waals surface area contributed by atoms with Gasteiger partial charge in [0.2, 0.25) is 10.0 Å². The highest BCUT2D eigenvalue weighted by molar-refractivity contribution is 7.89.